The molecule has 0 spiro atoms. The number of imidazole rings is 1. The van der Waals surface area contributed by atoms with Crippen molar-refractivity contribution in [1.82, 2.24) is 9.55 Å². The van der Waals surface area contributed by atoms with Gasteiger partial charge >= 0.3 is 0 Å². The Balaban J connectivity index is 2.47. The zero-order valence-corrected chi connectivity index (χ0v) is 11.0. The minimum Gasteiger partial charge on any atom is -0.496 e. The van der Waals surface area contributed by atoms with Crippen molar-refractivity contribution in [2.75, 3.05) is 13.7 Å². The zero-order chi connectivity index (χ0) is 13.1. The maximum atomic E-state index is 8.99. The minimum absolute atomic E-state index is 0.106. The largest absolute Gasteiger partial charge is 0.496 e. The molecule has 96 valence electrons. The van der Waals surface area contributed by atoms with Crippen LogP contribution < -0.4 is 4.74 Å². The molecule has 1 heterocycles. The topological polar surface area (TPSA) is 47.3 Å². The lowest BCUT2D eigenvalue weighted by atomic mass is 10.1. The summed E-state index contributed by atoms with van der Waals surface area (Å²) in [7, 11) is 3.59. The van der Waals surface area contributed by atoms with Gasteiger partial charge in [0.1, 0.15) is 11.6 Å². The monoisotopic (exact) mass is 246 g/mol. The lowest BCUT2D eigenvalue weighted by molar-refractivity contribution is 0.295. The Hall–Kier alpha value is -1.81. The van der Waals surface area contributed by atoms with Gasteiger partial charge in [-0.1, -0.05) is 11.6 Å². The average Bonchev–Trinajstić information content (AvgIpc) is 2.71. The normalized spacial score (nSPS) is 10.7. The number of methoxy groups -OCH3 is 1. The summed E-state index contributed by atoms with van der Waals surface area (Å²) in [4.78, 5) is 4.54. The molecular weight excluding hydrogens is 228 g/mol. The van der Waals surface area contributed by atoms with E-state index in [1.54, 1.807) is 7.11 Å². The van der Waals surface area contributed by atoms with Gasteiger partial charge in [0.15, 0.2) is 0 Å². The Morgan fingerprint density at radius 1 is 1.39 bits per heavy atom. The van der Waals surface area contributed by atoms with E-state index in [9.17, 15) is 0 Å². The van der Waals surface area contributed by atoms with Crippen LogP contribution in [0.15, 0.2) is 24.4 Å². The van der Waals surface area contributed by atoms with Crippen molar-refractivity contribution in [3.63, 3.8) is 0 Å². The second kappa shape index (κ2) is 5.23. The standard InChI is InChI=1S/C14H18N2O2/c1-10-4-5-13(18-3)11(8-10)12-9-16(2)14(15-12)6-7-17/h4-5,8-9,17H,6-7H2,1-3H3. The summed E-state index contributed by atoms with van der Waals surface area (Å²) in [6.45, 7) is 2.15. The second-order valence-corrected chi connectivity index (χ2v) is 4.33. The first kappa shape index (κ1) is 12.6. The van der Waals surface area contributed by atoms with E-state index in [1.165, 1.54) is 5.56 Å². The molecule has 0 atom stereocenters. The molecule has 0 saturated heterocycles. The zero-order valence-electron chi connectivity index (χ0n) is 11.0. The Labute approximate surface area is 107 Å². The van der Waals surface area contributed by atoms with Gasteiger partial charge in [-0.2, -0.15) is 0 Å². The van der Waals surface area contributed by atoms with E-state index in [1.807, 2.05) is 36.9 Å². The van der Waals surface area contributed by atoms with Crippen molar-refractivity contribution in [3.8, 4) is 17.0 Å². The lowest BCUT2D eigenvalue weighted by Gasteiger charge is -2.06. The van der Waals surface area contributed by atoms with Crippen LogP contribution in [0.3, 0.4) is 0 Å². The number of aromatic nitrogens is 2. The number of aliphatic hydroxyl groups excluding tert-OH is 1. The molecule has 0 aliphatic heterocycles. The van der Waals surface area contributed by atoms with E-state index in [4.69, 9.17) is 9.84 Å². The first-order chi connectivity index (χ1) is 8.65. The molecular formula is C14H18N2O2. The number of ether oxygens (including phenoxy) is 1. The first-order valence-corrected chi connectivity index (χ1v) is 5.94. The molecule has 0 saturated carbocycles. The molecule has 18 heavy (non-hydrogen) atoms. The van der Waals surface area contributed by atoms with Crippen LogP contribution in [0.2, 0.25) is 0 Å². The van der Waals surface area contributed by atoms with Gasteiger partial charge in [0, 0.05) is 25.2 Å². The molecule has 0 amide bonds. The van der Waals surface area contributed by atoms with Gasteiger partial charge in [0.2, 0.25) is 0 Å². The third kappa shape index (κ3) is 2.38. The van der Waals surface area contributed by atoms with Crippen LogP contribution in [0.25, 0.3) is 11.3 Å². The molecule has 0 radical (unpaired) electrons. The van der Waals surface area contributed by atoms with Crippen LogP contribution in [-0.2, 0) is 13.5 Å². The van der Waals surface area contributed by atoms with Gasteiger partial charge in [-0.15, -0.1) is 0 Å². The fraction of sp³-hybridized carbons (Fsp3) is 0.357. The smallest absolute Gasteiger partial charge is 0.128 e. The molecule has 0 aliphatic carbocycles. The Bertz CT molecular complexity index is 547. The number of hydrogen-bond donors (Lipinski definition) is 1. The summed E-state index contributed by atoms with van der Waals surface area (Å²) in [5.74, 6) is 1.69. The number of nitrogens with zero attached hydrogens (tertiary/aromatic N) is 2. The summed E-state index contributed by atoms with van der Waals surface area (Å²) in [5.41, 5.74) is 3.03. The first-order valence-electron chi connectivity index (χ1n) is 5.94. The molecule has 0 unspecified atom stereocenters. The van der Waals surface area contributed by atoms with Gasteiger partial charge in [-0.25, -0.2) is 4.98 Å². The minimum atomic E-state index is 0.106. The summed E-state index contributed by atoms with van der Waals surface area (Å²) < 4.78 is 7.30. The van der Waals surface area contributed by atoms with Crippen LogP contribution in [0.4, 0.5) is 0 Å². The van der Waals surface area contributed by atoms with Crippen LogP contribution in [-0.4, -0.2) is 28.4 Å². The van der Waals surface area contributed by atoms with E-state index in [2.05, 4.69) is 11.1 Å². The molecule has 1 aromatic heterocycles. The van der Waals surface area contributed by atoms with E-state index < -0.39 is 0 Å². The van der Waals surface area contributed by atoms with Gasteiger partial charge in [-0.3, -0.25) is 0 Å². The van der Waals surface area contributed by atoms with E-state index in [0.29, 0.717) is 6.42 Å². The summed E-state index contributed by atoms with van der Waals surface area (Å²) in [6.07, 6.45) is 2.52. The molecule has 0 fully saturated rings. The van der Waals surface area contributed by atoms with Crippen LogP contribution in [0, 0.1) is 6.92 Å². The second-order valence-electron chi connectivity index (χ2n) is 4.33. The summed E-state index contributed by atoms with van der Waals surface area (Å²) >= 11 is 0. The molecule has 2 rings (SSSR count). The van der Waals surface area contributed by atoms with Crippen molar-refractivity contribution in [2.24, 2.45) is 7.05 Å². The van der Waals surface area contributed by atoms with Crippen molar-refractivity contribution < 1.29 is 9.84 Å². The number of hydrogen-bond acceptors (Lipinski definition) is 3. The van der Waals surface area contributed by atoms with Crippen LogP contribution >= 0.6 is 0 Å². The quantitative estimate of drug-likeness (QED) is 0.896. The molecule has 1 N–H and O–H groups in total. The number of benzene rings is 1. The summed E-state index contributed by atoms with van der Waals surface area (Å²) in [6, 6.07) is 6.02. The highest BCUT2D eigenvalue weighted by molar-refractivity contribution is 5.67. The fourth-order valence-electron chi connectivity index (χ4n) is 1.99. The summed E-state index contributed by atoms with van der Waals surface area (Å²) in [5, 5.41) is 8.99. The fourth-order valence-corrected chi connectivity index (χ4v) is 1.99. The van der Waals surface area contributed by atoms with Crippen LogP contribution in [0.1, 0.15) is 11.4 Å². The van der Waals surface area contributed by atoms with Crippen molar-refractivity contribution in [2.45, 2.75) is 13.3 Å². The third-order valence-electron chi connectivity index (χ3n) is 2.94. The van der Waals surface area contributed by atoms with Gasteiger partial charge in [0.25, 0.3) is 0 Å². The van der Waals surface area contributed by atoms with Crippen LogP contribution in [0.5, 0.6) is 5.75 Å². The van der Waals surface area contributed by atoms with Gasteiger partial charge in [-0.05, 0) is 19.1 Å². The van der Waals surface area contributed by atoms with E-state index in [0.717, 1.165) is 22.8 Å². The van der Waals surface area contributed by atoms with Gasteiger partial charge < -0.3 is 14.4 Å². The third-order valence-corrected chi connectivity index (χ3v) is 2.94. The van der Waals surface area contributed by atoms with Crippen molar-refractivity contribution in [1.29, 1.82) is 0 Å². The highest BCUT2D eigenvalue weighted by Gasteiger charge is 2.11. The van der Waals surface area contributed by atoms with E-state index >= 15 is 0 Å². The molecule has 0 bridgehead atoms. The average molecular weight is 246 g/mol. The lowest BCUT2D eigenvalue weighted by Crippen LogP contribution is -1.99. The SMILES string of the molecule is COc1ccc(C)cc1-c1cn(C)c(CCO)n1. The Morgan fingerprint density at radius 3 is 2.83 bits per heavy atom. The Kier molecular flexibility index (Phi) is 3.67. The highest BCUT2D eigenvalue weighted by atomic mass is 16.5. The predicted molar refractivity (Wildman–Crippen MR) is 70.7 cm³/mol. The molecule has 1 aromatic carbocycles. The molecule has 0 aliphatic rings. The van der Waals surface area contributed by atoms with Crippen molar-refractivity contribution >= 4 is 0 Å². The van der Waals surface area contributed by atoms with Gasteiger partial charge in [0.05, 0.1) is 19.4 Å². The molecule has 4 heteroatoms. The molecule has 2 aromatic rings. The molecule has 4 nitrogen and oxygen atoms in total. The number of rotatable bonds is 4. The van der Waals surface area contributed by atoms with Crippen molar-refractivity contribution in [3.05, 3.63) is 35.8 Å². The Morgan fingerprint density at radius 2 is 2.17 bits per heavy atom. The predicted octanol–water partition coefficient (Wildman–Crippen LogP) is 1.94. The maximum Gasteiger partial charge on any atom is 0.128 e. The van der Waals surface area contributed by atoms with E-state index in [-0.39, 0.29) is 6.61 Å². The number of aryl methyl sites for hydroxylation is 2. The highest BCUT2D eigenvalue weighted by Crippen LogP contribution is 2.30. The maximum absolute atomic E-state index is 8.99. The number of aliphatic hydroxyl groups is 1.